The first-order valence-electron chi connectivity index (χ1n) is 12.8. The maximum Gasteiger partial charge on any atom is 0.247 e. The van der Waals surface area contributed by atoms with Crippen molar-refractivity contribution in [3.63, 3.8) is 0 Å². The standard InChI is InChI=1S/C30H35N5O3/c1-6-30(3,4)31-29(37)28(24-15-8-7-12-21(24)2)34(19-22-13-11-14-23(18-22)38-5)27(36)20-35-26-17-10-9-16-25(26)32-33-35/h7-18,28H,6,19-20H2,1-5H3,(H,31,37)/t28-/m1/s1. The third-order valence-electron chi connectivity index (χ3n) is 6.90. The van der Waals surface area contributed by atoms with Crippen molar-refractivity contribution < 1.29 is 14.3 Å². The molecule has 38 heavy (non-hydrogen) atoms. The smallest absolute Gasteiger partial charge is 0.247 e. The van der Waals surface area contributed by atoms with Gasteiger partial charge in [-0.15, -0.1) is 5.10 Å². The number of carbonyl (C=O) groups excluding carboxylic acids is 2. The average Bonchev–Trinajstić information content (AvgIpc) is 3.31. The highest BCUT2D eigenvalue weighted by molar-refractivity contribution is 5.90. The van der Waals surface area contributed by atoms with E-state index in [1.165, 1.54) is 0 Å². The number of nitrogens with one attached hydrogen (secondary N) is 1. The van der Waals surface area contributed by atoms with Gasteiger partial charge in [0.05, 0.1) is 12.6 Å². The van der Waals surface area contributed by atoms with E-state index in [4.69, 9.17) is 4.74 Å². The van der Waals surface area contributed by atoms with Crippen LogP contribution in [0.1, 0.15) is 49.9 Å². The van der Waals surface area contributed by atoms with Crippen LogP contribution in [0.5, 0.6) is 5.75 Å². The van der Waals surface area contributed by atoms with Gasteiger partial charge in [-0.25, -0.2) is 4.68 Å². The fraction of sp³-hybridized carbons (Fsp3) is 0.333. The van der Waals surface area contributed by atoms with Gasteiger partial charge < -0.3 is 15.0 Å². The van der Waals surface area contributed by atoms with Crippen LogP contribution in [-0.2, 0) is 22.7 Å². The summed E-state index contributed by atoms with van der Waals surface area (Å²) in [7, 11) is 1.61. The Morgan fingerprint density at radius 2 is 1.79 bits per heavy atom. The first-order chi connectivity index (χ1) is 18.2. The van der Waals surface area contributed by atoms with Gasteiger partial charge in [0.15, 0.2) is 0 Å². The molecule has 1 aromatic heterocycles. The number of aryl methyl sites for hydroxylation is 1. The SMILES string of the molecule is CCC(C)(C)NC(=O)[C@@H](c1ccccc1C)N(Cc1cccc(OC)c1)C(=O)Cn1nnc2ccccc21. The molecule has 8 nitrogen and oxygen atoms in total. The Balaban J connectivity index is 1.79. The van der Waals surface area contributed by atoms with Crippen molar-refractivity contribution in [3.05, 3.63) is 89.5 Å². The zero-order chi connectivity index (χ0) is 27.3. The molecular formula is C30H35N5O3. The van der Waals surface area contributed by atoms with E-state index in [9.17, 15) is 9.59 Å². The molecule has 0 saturated carbocycles. The predicted molar refractivity (Wildman–Crippen MR) is 148 cm³/mol. The van der Waals surface area contributed by atoms with E-state index in [-0.39, 0.29) is 24.9 Å². The van der Waals surface area contributed by atoms with Crippen molar-refractivity contribution in [3.8, 4) is 5.75 Å². The molecule has 0 aliphatic rings. The summed E-state index contributed by atoms with van der Waals surface area (Å²) < 4.78 is 7.00. The lowest BCUT2D eigenvalue weighted by Crippen LogP contribution is -2.50. The number of carbonyl (C=O) groups is 2. The Bertz CT molecular complexity index is 1430. The van der Waals surface area contributed by atoms with Crippen LogP contribution in [0.4, 0.5) is 0 Å². The largest absolute Gasteiger partial charge is 0.497 e. The van der Waals surface area contributed by atoms with Gasteiger partial charge in [0.1, 0.15) is 23.9 Å². The summed E-state index contributed by atoms with van der Waals surface area (Å²) in [6.07, 6.45) is 0.744. The van der Waals surface area contributed by atoms with Crippen LogP contribution in [0, 0.1) is 6.92 Å². The van der Waals surface area contributed by atoms with Gasteiger partial charge in [0.2, 0.25) is 11.8 Å². The second-order valence-electron chi connectivity index (χ2n) is 10.1. The fourth-order valence-corrected chi connectivity index (χ4v) is 4.38. The topological polar surface area (TPSA) is 89.4 Å². The Morgan fingerprint density at radius 3 is 2.53 bits per heavy atom. The van der Waals surface area contributed by atoms with Crippen LogP contribution in [-0.4, -0.2) is 44.4 Å². The molecule has 8 heteroatoms. The lowest BCUT2D eigenvalue weighted by molar-refractivity contribution is -0.143. The summed E-state index contributed by atoms with van der Waals surface area (Å²) in [6, 6.07) is 21.9. The Kier molecular flexibility index (Phi) is 8.10. The summed E-state index contributed by atoms with van der Waals surface area (Å²) in [6.45, 7) is 8.10. The second kappa shape index (κ2) is 11.5. The van der Waals surface area contributed by atoms with Gasteiger partial charge in [-0.05, 0) is 68.1 Å². The second-order valence-corrected chi connectivity index (χ2v) is 10.1. The molecule has 1 heterocycles. The summed E-state index contributed by atoms with van der Waals surface area (Å²) in [5.74, 6) is 0.202. The number of methoxy groups -OCH3 is 1. The predicted octanol–water partition coefficient (Wildman–Crippen LogP) is 4.82. The molecule has 0 unspecified atom stereocenters. The molecule has 0 radical (unpaired) electrons. The van der Waals surface area contributed by atoms with Gasteiger partial charge in [-0.1, -0.05) is 60.7 Å². The summed E-state index contributed by atoms with van der Waals surface area (Å²) in [5.41, 5.74) is 3.57. The van der Waals surface area contributed by atoms with Crippen LogP contribution in [0.25, 0.3) is 11.0 Å². The number of benzene rings is 3. The van der Waals surface area contributed by atoms with Crippen molar-refractivity contribution in [1.82, 2.24) is 25.2 Å². The van der Waals surface area contributed by atoms with Crippen molar-refractivity contribution >= 4 is 22.8 Å². The monoisotopic (exact) mass is 513 g/mol. The van der Waals surface area contributed by atoms with E-state index in [1.807, 2.05) is 100 Å². The van der Waals surface area contributed by atoms with Gasteiger partial charge >= 0.3 is 0 Å². The normalized spacial score (nSPS) is 12.2. The van der Waals surface area contributed by atoms with Gasteiger partial charge in [-0.3, -0.25) is 9.59 Å². The molecule has 4 rings (SSSR count). The van der Waals surface area contributed by atoms with E-state index in [2.05, 4.69) is 15.6 Å². The average molecular weight is 514 g/mol. The van der Waals surface area contributed by atoms with E-state index in [0.717, 1.165) is 28.6 Å². The number of nitrogens with zero attached hydrogens (tertiary/aromatic N) is 4. The first-order valence-corrected chi connectivity index (χ1v) is 12.8. The highest BCUT2D eigenvalue weighted by Crippen LogP contribution is 2.29. The van der Waals surface area contributed by atoms with Crippen LogP contribution in [0.3, 0.4) is 0 Å². The summed E-state index contributed by atoms with van der Waals surface area (Å²) >= 11 is 0. The van der Waals surface area contributed by atoms with E-state index < -0.39 is 11.6 Å². The first kappa shape index (κ1) is 26.9. The van der Waals surface area contributed by atoms with E-state index in [0.29, 0.717) is 11.3 Å². The minimum absolute atomic E-state index is 0.0582. The Morgan fingerprint density at radius 1 is 1.05 bits per heavy atom. The lowest BCUT2D eigenvalue weighted by Gasteiger charge is -2.35. The summed E-state index contributed by atoms with van der Waals surface area (Å²) in [5, 5.41) is 11.6. The number of hydrogen-bond acceptors (Lipinski definition) is 5. The number of para-hydroxylation sites is 1. The fourth-order valence-electron chi connectivity index (χ4n) is 4.38. The maximum absolute atomic E-state index is 14.1. The highest BCUT2D eigenvalue weighted by atomic mass is 16.5. The molecule has 1 N–H and O–H groups in total. The molecule has 0 aliphatic heterocycles. The van der Waals surface area contributed by atoms with E-state index >= 15 is 0 Å². The Hall–Kier alpha value is -4.20. The number of ether oxygens (including phenoxy) is 1. The van der Waals surface area contributed by atoms with Crippen LogP contribution >= 0.6 is 0 Å². The van der Waals surface area contributed by atoms with Crippen LogP contribution < -0.4 is 10.1 Å². The van der Waals surface area contributed by atoms with Crippen molar-refractivity contribution in [2.45, 2.75) is 58.8 Å². The molecule has 2 amide bonds. The number of fused-ring (bicyclic) bond motifs is 1. The Labute approximate surface area is 223 Å². The van der Waals surface area contributed by atoms with E-state index in [1.54, 1.807) is 16.7 Å². The molecule has 1 atom stereocenters. The van der Waals surface area contributed by atoms with Gasteiger partial charge in [0, 0.05) is 12.1 Å². The third kappa shape index (κ3) is 6.02. The molecule has 0 bridgehead atoms. The van der Waals surface area contributed by atoms with Gasteiger partial charge in [-0.2, -0.15) is 0 Å². The minimum Gasteiger partial charge on any atom is -0.497 e. The number of amides is 2. The van der Waals surface area contributed by atoms with Crippen molar-refractivity contribution in [1.29, 1.82) is 0 Å². The van der Waals surface area contributed by atoms with Crippen LogP contribution in [0.2, 0.25) is 0 Å². The number of rotatable bonds is 10. The molecular weight excluding hydrogens is 478 g/mol. The molecule has 4 aromatic rings. The quantitative estimate of drug-likeness (QED) is 0.328. The lowest BCUT2D eigenvalue weighted by atomic mass is 9.95. The van der Waals surface area contributed by atoms with Crippen molar-refractivity contribution in [2.24, 2.45) is 0 Å². The minimum atomic E-state index is -0.851. The summed E-state index contributed by atoms with van der Waals surface area (Å²) in [4.78, 5) is 29.7. The molecule has 0 fully saturated rings. The zero-order valence-corrected chi connectivity index (χ0v) is 22.6. The molecule has 198 valence electrons. The third-order valence-corrected chi connectivity index (χ3v) is 6.90. The molecule has 0 aliphatic carbocycles. The van der Waals surface area contributed by atoms with Crippen LogP contribution in [0.15, 0.2) is 72.8 Å². The number of hydrogen-bond donors (Lipinski definition) is 1. The molecule has 0 spiro atoms. The van der Waals surface area contributed by atoms with Crippen molar-refractivity contribution in [2.75, 3.05) is 7.11 Å². The number of aromatic nitrogens is 3. The molecule has 3 aromatic carbocycles. The maximum atomic E-state index is 14.1. The molecule has 0 saturated heterocycles. The van der Waals surface area contributed by atoms with Gasteiger partial charge in [0.25, 0.3) is 0 Å². The highest BCUT2D eigenvalue weighted by Gasteiger charge is 2.35. The zero-order valence-electron chi connectivity index (χ0n) is 22.6.